The summed E-state index contributed by atoms with van der Waals surface area (Å²) in [6.45, 7) is 6.54. The fourth-order valence-corrected chi connectivity index (χ4v) is 9.40. The van der Waals surface area contributed by atoms with E-state index in [9.17, 15) is 28.8 Å². The van der Waals surface area contributed by atoms with Crippen LogP contribution in [0.3, 0.4) is 0 Å². The number of fused-ring (bicyclic) bond motifs is 2. The van der Waals surface area contributed by atoms with E-state index < -0.39 is 59.8 Å². The molecule has 1 aliphatic carbocycles. The lowest BCUT2D eigenvalue weighted by atomic mass is 10.0. The van der Waals surface area contributed by atoms with E-state index in [0.717, 1.165) is 28.7 Å². The van der Waals surface area contributed by atoms with Crippen LogP contribution >= 0.6 is 0 Å². The van der Waals surface area contributed by atoms with Gasteiger partial charge in [-0.3, -0.25) is 39.0 Å². The highest BCUT2D eigenvalue weighted by Crippen LogP contribution is 2.41. The van der Waals surface area contributed by atoms with Crippen molar-refractivity contribution < 1.29 is 56.1 Å². The monoisotopic (exact) mass is 962 g/mol. The molecule has 0 bridgehead atoms. The zero-order chi connectivity index (χ0) is 49.0. The summed E-state index contributed by atoms with van der Waals surface area (Å²) < 4.78 is 63.5. The fraction of sp³-hybridized carbons (Fsp3) is 0.532. The van der Waals surface area contributed by atoms with Crippen LogP contribution in [0.15, 0.2) is 36.5 Å². The largest absolute Gasteiger partial charge is 0.489 e. The summed E-state index contributed by atoms with van der Waals surface area (Å²) in [7, 11) is 1.26. The van der Waals surface area contributed by atoms with Crippen molar-refractivity contribution in [3.05, 3.63) is 59.0 Å². The number of nitrogens with zero attached hydrogens (tertiary/aromatic N) is 6. The Morgan fingerprint density at radius 1 is 0.942 bits per heavy atom. The van der Waals surface area contributed by atoms with Crippen LogP contribution in [0.5, 0.6) is 5.75 Å². The summed E-state index contributed by atoms with van der Waals surface area (Å²) in [4.78, 5) is 91.0. The molecule has 3 aromatic rings. The Kier molecular flexibility index (Phi) is 15.0. The summed E-state index contributed by atoms with van der Waals surface area (Å²) in [5, 5.41) is 11.3. The fourth-order valence-electron chi connectivity index (χ4n) is 9.40. The molecule has 3 fully saturated rings. The number of halogens is 3. The molecule has 22 heteroatoms. The van der Waals surface area contributed by atoms with Crippen molar-refractivity contribution in [1.29, 1.82) is 0 Å². The minimum absolute atomic E-state index is 0.0281. The van der Waals surface area contributed by atoms with E-state index in [0.29, 0.717) is 84.0 Å². The van der Waals surface area contributed by atoms with Gasteiger partial charge in [0.05, 0.1) is 67.7 Å². The van der Waals surface area contributed by atoms with E-state index in [1.165, 1.54) is 30.3 Å². The van der Waals surface area contributed by atoms with E-state index in [-0.39, 0.29) is 76.6 Å². The molecule has 1 aromatic heterocycles. The van der Waals surface area contributed by atoms with Crippen molar-refractivity contribution in [3.63, 3.8) is 0 Å². The standard InChI is InChI=1S/C47H57F3N10O9/c1-27(2)69-37-23-31(32(48)24-34(37)54-46-52-25-36-40(56-46)59(29-7-4-5-8-29)26-47(49,50)45(66)57(36)3)41(62)53-28-13-16-58(17-14-28)18-20-68-22-21-67-19-15-51-33-10-6-9-30-39(33)44(65)60(43(30)64)35-11-12-38(61)55-42(35)63/h6,9-10,23-25,27-29,35,51H,4-5,7-8,11-22,26H2,1-3H3,(H,53,62)(H,52,54,56)(H,55,61,63). The van der Waals surface area contributed by atoms with E-state index in [4.69, 9.17) is 14.2 Å². The smallest absolute Gasteiger partial charge is 0.342 e. The Balaban J connectivity index is 0.768. The Morgan fingerprint density at radius 3 is 2.41 bits per heavy atom. The third kappa shape index (κ3) is 10.9. The second kappa shape index (κ2) is 21.1. The molecule has 5 aliphatic rings. The van der Waals surface area contributed by atoms with Crippen LogP contribution in [0.4, 0.5) is 42.0 Å². The zero-order valence-corrected chi connectivity index (χ0v) is 38.8. The first-order valence-electron chi connectivity index (χ1n) is 23.4. The SMILES string of the molecule is CC(C)Oc1cc(C(=O)NC2CCN(CCOCCOCCNc3cccc4c3C(=O)N(C3CCC(=O)NC3=O)C4=O)CC2)c(F)cc1Nc1ncc2c(n1)N(C1CCCC1)CC(F)(F)C(=O)N2C. The van der Waals surface area contributed by atoms with Crippen LogP contribution in [0, 0.1) is 5.82 Å². The van der Waals surface area contributed by atoms with Crippen molar-refractivity contribution >= 4 is 64.3 Å². The van der Waals surface area contributed by atoms with Crippen LogP contribution in [-0.2, 0) is 23.9 Å². The van der Waals surface area contributed by atoms with Crippen LogP contribution in [0.1, 0.15) is 96.3 Å². The van der Waals surface area contributed by atoms with Crippen molar-refractivity contribution in [1.82, 2.24) is 30.4 Å². The summed E-state index contributed by atoms with van der Waals surface area (Å²) in [6.07, 6.45) is 5.39. The molecule has 19 nitrogen and oxygen atoms in total. The van der Waals surface area contributed by atoms with Gasteiger partial charge in [-0.15, -0.1) is 0 Å². The normalized spacial score (nSPS) is 20.0. The number of nitrogens with one attached hydrogen (secondary N) is 4. The second-order valence-electron chi connectivity index (χ2n) is 18.1. The molecular formula is C47H57F3N10O9. The number of alkyl halides is 2. The Morgan fingerprint density at radius 2 is 1.68 bits per heavy atom. The Hall–Kier alpha value is -6.39. The molecule has 0 radical (unpaired) electrons. The number of piperidine rings is 2. The molecule has 1 saturated carbocycles. The van der Waals surface area contributed by atoms with E-state index in [2.05, 4.69) is 36.1 Å². The molecule has 1 unspecified atom stereocenters. The van der Waals surface area contributed by atoms with Gasteiger partial charge in [-0.05, 0) is 64.2 Å². The van der Waals surface area contributed by atoms with E-state index in [1.54, 1.807) is 26.0 Å². The Bertz CT molecular complexity index is 2470. The average Bonchev–Trinajstić information content (AvgIpc) is 3.93. The Labute approximate surface area is 396 Å². The minimum atomic E-state index is -3.64. The van der Waals surface area contributed by atoms with Gasteiger partial charge in [0.15, 0.2) is 5.82 Å². The summed E-state index contributed by atoms with van der Waals surface area (Å²) >= 11 is 0. The number of rotatable bonds is 18. The van der Waals surface area contributed by atoms with Gasteiger partial charge in [-0.25, -0.2) is 9.37 Å². The molecule has 370 valence electrons. The minimum Gasteiger partial charge on any atom is -0.489 e. The molecule has 4 N–H and O–H groups in total. The van der Waals surface area contributed by atoms with Gasteiger partial charge in [0, 0.05) is 63.5 Å². The number of amides is 6. The number of ether oxygens (including phenoxy) is 3. The van der Waals surface area contributed by atoms with Gasteiger partial charge >= 0.3 is 5.92 Å². The second-order valence-corrected chi connectivity index (χ2v) is 18.1. The third-order valence-corrected chi connectivity index (χ3v) is 12.9. The molecule has 1 atom stereocenters. The number of hydrogen-bond acceptors (Lipinski definition) is 15. The first-order chi connectivity index (χ1) is 33.1. The highest BCUT2D eigenvalue weighted by Gasteiger charge is 2.49. The third-order valence-electron chi connectivity index (χ3n) is 12.9. The maximum absolute atomic E-state index is 15.8. The van der Waals surface area contributed by atoms with Crippen LogP contribution in [-0.4, -0.2) is 152 Å². The lowest BCUT2D eigenvalue weighted by Crippen LogP contribution is -2.54. The lowest BCUT2D eigenvalue weighted by molar-refractivity contribution is -0.140. The number of carbonyl (C=O) groups excluding carboxylic acids is 6. The molecule has 2 saturated heterocycles. The van der Waals surface area contributed by atoms with Crippen LogP contribution < -0.4 is 35.8 Å². The highest BCUT2D eigenvalue weighted by atomic mass is 19.3. The van der Waals surface area contributed by atoms with Gasteiger partial charge in [-0.2, -0.15) is 13.8 Å². The molecule has 69 heavy (non-hydrogen) atoms. The van der Waals surface area contributed by atoms with Crippen LogP contribution in [0.2, 0.25) is 0 Å². The van der Waals surface area contributed by atoms with Crippen molar-refractivity contribution in [2.24, 2.45) is 0 Å². The molecule has 5 heterocycles. The predicted molar refractivity (Wildman–Crippen MR) is 246 cm³/mol. The quantitative estimate of drug-likeness (QED) is 0.104. The summed E-state index contributed by atoms with van der Waals surface area (Å²) in [5.74, 6) is -8.38. The first-order valence-corrected chi connectivity index (χ1v) is 23.4. The average molecular weight is 963 g/mol. The summed E-state index contributed by atoms with van der Waals surface area (Å²) in [6, 6.07) is 5.82. The van der Waals surface area contributed by atoms with Gasteiger partial charge in [0.1, 0.15) is 23.3 Å². The maximum Gasteiger partial charge on any atom is 0.342 e. The molecule has 0 spiro atoms. The lowest BCUT2D eigenvalue weighted by Gasteiger charge is -2.32. The molecule has 2 aromatic carbocycles. The summed E-state index contributed by atoms with van der Waals surface area (Å²) in [5.41, 5.74) is 0.861. The molecule has 6 amide bonds. The van der Waals surface area contributed by atoms with Gasteiger partial charge in [0.25, 0.3) is 23.6 Å². The molecule has 8 rings (SSSR count). The van der Waals surface area contributed by atoms with Crippen LogP contribution in [0.25, 0.3) is 0 Å². The first kappa shape index (κ1) is 49.0. The maximum atomic E-state index is 15.8. The topological polar surface area (TPSA) is 217 Å². The number of carbonyl (C=O) groups is 6. The number of likely N-dealkylation sites (tertiary alicyclic amines) is 1. The highest BCUT2D eigenvalue weighted by molar-refractivity contribution is 6.25. The van der Waals surface area contributed by atoms with Gasteiger partial charge in [-0.1, -0.05) is 18.9 Å². The number of benzene rings is 2. The van der Waals surface area contributed by atoms with E-state index in [1.807, 2.05) is 0 Å². The van der Waals surface area contributed by atoms with Crippen molar-refractivity contribution in [2.75, 3.05) is 86.6 Å². The van der Waals surface area contributed by atoms with Gasteiger partial charge in [0.2, 0.25) is 17.8 Å². The number of aromatic nitrogens is 2. The van der Waals surface area contributed by atoms with Crippen molar-refractivity contribution in [3.8, 4) is 5.75 Å². The molecule has 4 aliphatic heterocycles. The predicted octanol–water partition coefficient (Wildman–Crippen LogP) is 4.25. The zero-order valence-electron chi connectivity index (χ0n) is 38.8. The number of hydrogen-bond donors (Lipinski definition) is 4. The number of imide groups is 2. The van der Waals surface area contributed by atoms with Crippen molar-refractivity contribution in [2.45, 2.75) is 95.4 Å². The van der Waals surface area contributed by atoms with E-state index >= 15 is 13.2 Å². The molecular weight excluding hydrogens is 906 g/mol. The number of anilines is 5. The van der Waals surface area contributed by atoms with Gasteiger partial charge < -0.3 is 44.9 Å².